The van der Waals surface area contributed by atoms with Crippen LogP contribution in [0, 0.1) is 0 Å². The van der Waals surface area contributed by atoms with E-state index in [9.17, 15) is 5.11 Å². The van der Waals surface area contributed by atoms with E-state index in [1.807, 2.05) is 31.3 Å². The van der Waals surface area contributed by atoms with Crippen LogP contribution in [0.25, 0.3) is 22.3 Å². The maximum atomic E-state index is 9.40. The van der Waals surface area contributed by atoms with Crippen molar-refractivity contribution in [3.8, 4) is 17.1 Å². The van der Waals surface area contributed by atoms with Gasteiger partial charge in [0.05, 0.1) is 19.2 Å². The van der Waals surface area contributed by atoms with Crippen LogP contribution in [-0.4, -0.2) is 55.5 Å². The van der Waals surface area contributed by atoms with Crippen LogP contribution in [0.1, 0.15) is 24.3 Å². The fourth-order valence-corrected chi connectivity index (χ4v) is 4.98. The second-order valence-corrected chi connectivity index (χ2v) is 9.09. The van der Waals surface area contributed by atoms with Gasteiger partial charge >= 0.3 is 0 Å². The van der Waals surface area contributed by atoms with Crippen LogP contribution in [0.3, 0.4) is 0 Å². The van der Waals surface area contributed by atoms with E-state index in [0.29, 0.717) is 12.5 Å². The molecule has 5 rings (SSSR count). The Morgan fingerprint density at radius 1 is 0.971 bits per heavy atom. The highest BCUT2D eigenvalue weighted by molar-refractivity contribution is 5.93. The largest absolute Gasteiger partial charge is 0.496 e. The van der Waals surface area contributed by atoms with Crippen LogP contribution in [0.4, 0.5) is 11.5 Å². The van der Waals surface area contributed by atoms with Crippen LogP contribution in [0.5, 0.6) is 5.75 Å². The molecule has 1 fully saturated rings. The van der Waals surface area contributed by atoms with Crippen molar-refractivity contribution in [3.05, 3.63) is 78.4 Å². The molecule has 35 heavy (non-hydrogen) atoms. The summed E-state index contributed by atoms with van der Waals surface area (Å²) in [5, 5.41) is 10.4. The standard InChI is InChI=1S/C29H32N4O2/c1-32(18-19-34)23-12-13-26-25(20-23)29(31-28(30-26)22-8-4-3-5-9-22)33-16-14-21(15-17-33)24-10-6-7-11-27(24)35-2/h3-13,20-21,34H,14-19H2,1-2H3. The van der Waals surface area contributed by atoms with Crippen molar-refractivity contribution in [2.24, 2.45) is 0 Å². The molecule has 0 saturated carbocycles. The highest BCUT2D eigenvalue weighted by Gasteiger charge is 2.25. The molecule has 2 heterocycles. The molecule has 6 heteroatoms. The van der Waals surface area contributed by atoms with Gasteiger partial charge in [-0.25, -0.2) is 9.97 Å². The molecule has 0 unspecified atom stereocenters. The first kappa shape index (κ1) is 23.1. The van der Waals surface area contributed by atoms with E-state index in [0.717, 1.165) is 65.5 Å². The van der Waals surface area contributed by atoms with Crippen molar-refractivity contribution >= 4 is 22.4 Å². The molecule has 1 N–H and O–H groups in total. The molecule has 0 radical (unpaired) electrons. The smallest absolute Gasteiger partial charge is 0.162 e. The van der Waals surface area contributed by atoms with Crippen LogP contribution in [-0.2, 0) is 0 Å². The second-order valence-electron chi connectivity index (χ2n) is 9.09. The quantitative estimate of drug-likeness (QED) is 0.406. The number of nitrogens with zero attached hydrogens (tertiary/aromatic N) is 4. The number of hydrogen-bond acceptors (Lipinski definition) is 6. The predicted molar refractivity (Wildman–Crippen MR) is 143 cm³/mol. The minimum absolute atomic E-state index is 0.112. The van der Waals surface area contributed by atoms with Gasteiger partial charge in [0.15, 0.2) is 5.82 Å². The molecule has 1 aromatic heterocycles. The van der Waals surface area contributed by atoms with Gasteiger partial charge in [0.2, 0.25) is 0 Å². The monoisotopic (exact) mass is 468 g/mol. The maximum absolute atomic E-state index is 9.40. The molecule has 0 bridgehead atoms. The summed E-state index contributed by atoms with van der Waals surface area (Å²) in [6.07, 6.45) is 2.08. The number of aliphatic hydroxyl groups excluding tert-OH is 1. The van der Waals surface area contributed by atoms with E-state index >= 15 is 0 Å². The van der Waals surface area contributed by atoms with Crippen LogP contribution in [0.2, 0.25) is 0 Å². The zero-order chi connectivity index (χ0) is 24.2. The highest BCUT2D eigenvalue weighted by Crippen LogP contribution is 2.37. The molecule has 6 nitrogen and oxygen atoms in total. The normalized spacial score (nSPS) is 14.3. The summed E-state index contributed by atoms with van der Waals surface area (Å²) in [5.41, 5.74) is 4.29. The maximum Gasteiger partial charge on any atom is 0.162 e. The van der Waals surface area contributed by atoms with Crippen molar-refractivity contribution in [2.45, 2.75) is 18.8 Å². The SMILES string of the molecule is COc1ccccc1C1CCN(c2nc(-c3ccccc3)nc3ccc(N(C)CCO)cc23)CC1. The molecule has 1 aliphatic rings. The van der Waals surface area contributed by atoms with Crippen LogP contribution in [0.15, 0.2) is 72.8 Å². The van der Waals surface area contributed by atoms with Gasteiger partial charge in [0, 0.05) is 43.3 Å². The van der Waals surface area contributed by atoms with Gasteiger partial charge in [-0.1, -0.05) is 48.5 Å². The molecule has 4 aromatic rings. The lowest BCUT2D eigenvalue weighted by atomic mass is 9.88. The predicted octanol–water partition coefficient (Wildman–Crippen LogP) is 5.12. The minimum atomic E-state index is 0.112. The topological polar surface area (TPSA) is 61.7 Å². The van der Waals surface area contributed by atoms with E-state index in [4.69, 9.17) is 14.7 Å². The second kappa shape index (κ2) is 10.3. The van der Waals surface area contributed by atoms with E-state index in [1.165, 1.54) is 5.56 Å². The van der Waals surface area contributed by atoms with Crippen LogP contribution >= 0.6 is 0 Å². The fraction of sp³-hybridized carbons (Fsp3) is 0.310. The number of ether oxygens (including phenoxy) is 1. The Morgan fingerprint density at radius 3 is 2.46 bits per heavy atom. The highest BCUT2D eigenvalue weighted by atomic mass is 16.5. The molecule has 1 aliphatic heterocycles. The number of fused-ring (bicyclic) bond motifs is 1. The number of rotatable bonds is 7. The molecule has 0 amide bonds. The number of para-hydroxylation sites is 1. The summed E-state index contributed by atoms with van der Waals surface area (Å²) in [7, 11) is 3.74. The molecular weight excluding hydrogens is 436 g/mol. The Labute approximate surface area is 206 Å². The Kier molecular flexibility index (Phi) is 6.82. The van der Waals surface area contributed by atoms with Gasteiger partial charge in [0.1, 0.15) is 11.6 Å². The zero-order valence-electron chi connectivity index (χ0n) is 20.4. The van der Waals surface area contributed by atoms with E-state index in [-0.39, 0.29) is 6.61 Å². The molecule has 1 saturated heterocycles. The van der Waals surface area contributed by atoms with Crippen LogP contribution < -0.4 is 14.5 Å². The number of anilines is 2. The summed E-state index contributed by atoms with van der Waals surface area (Å²) < 4.78 is 5.63. The first-order valence-electron chi connectivity index (χ1n) is 12.2. The first-order chi connectivity index (χ1) is 17.2. The lowest BCUT2D eigenvalue weighted by Gasteiger charge is -2.34. The Balaban J connectivity index is 1.51. The number of piperidine rings is 1. The van der Waals surface area contributed by atoms with Gasteiger partial charge in [-0.3, -0.25) is 0 Å². The molecule has 3 aromatic carbocycles. The lowest BCUT2D eigenvalue weighted by Crippen LogP contribution is -2.34. The minimum Gasteiger partial charge on any atom is -0.496 e. The Bertz CT molecular complexity index is 1290. The molecule has 180 valence electrons. The third-order valence-corrected chi connectivity index (χ3v) is 6.94. The number of benzene rings is 3. The molecular formula is C29H32N4O2. The van der Waals surface area contributed by atoms with Gasteiger partial charge in [-0.2, -0.15) is 0 Å². The number of aliphatic hydroxyl groups is 1. The van der Waals surface area contributed by atoms with E-state index in [1.54, 1.807) is 7.11 Å². The van der Waals surface area contributed by atoms with Crippen molar-refractivity contribution < 1.29 is 9.84 Å². The van der Waals surface area contributed by atoms with Crippen molar-refractivity contribution in [1.29, 1.82) is 0 Å². The lowest BCUT2D eigenvalue weighted by molar-refractivity contribution is 0.304. The molecule has 0 aliphatic carbocycles. The van der Waals surface area contributed by atoms with Gasteiger partial charge in [-0.05, 0) is 48.6 Å². The Morgan fingerprint density at radius 2 is 1.71 bits per heavy atom. The Hall–Kier alpha value is -3.64. The van der Waals surface area contributed by atoms with E-state index in [2.05, 4.69) is 58.3 Å². The summed E-state index contributed by atoms with van der Waals surface area (Å²) in [5.74, 6) is 3.17. The average molecular weight is 469 g/mol. The van der Waals surface area contributed by atoms with Gasteiger partial charge in [0.25, 0.3) is 0 Å². The third-order valence-electron chi connectivity index (χ3n) is 6.94. The summed E-state index contributed by atoms with van der Waals surface area (Å²) in [6.45, 7) is 2.52. The average Bonchev–Trinajstić information content (AvgIpc) is 2.93. The number of likely N-dealkylation sites (N-methyl/N-ethyl adjacent to an activating group) is 1. The van der Waals surface area contributed by atoms with E-state index < -0.39 is 0 Å². The van der Waals surface area contributed by atoms with Gasteiger partial charge < -0.3 is 19.6 Å². The first-order valence-corrected chi connectivity index (χ1v) is 12.2. The fourth-order valence-electron chi connectivity index (χ4n) is 4.98. The third kappa shape index (κ3) is 4.80. The number of aromatic nitrogens is 2. The van der Waals surface area contributed by atoms with Crippen molar-refractivity contribution in [3.63, 3.8) is 0 Å². The van der Waals surface area contributed by atoms with Gasteiger partial charge in [-0.15, -0.1) is 0 Å². The summed E-state index contributed by atoms with van der Waals surface area (Å²) in [4.78, 5) is 14.5. The number of methoxy groups -OCH3 is 1. The molecule has 0 atom stereocenters. The molecule has 0 spiro atoms. The van der Waals surface area contributed by atoms with Crippen molar-refractivity contribution in [2.75, 3.05) is 50.2 Å². The number of hydrogen-bond donors (Lipinski definition) is 1. The summed E-state index contributed by atoms with van der Waals surface area (Å²) in [6, 6.07) is 24.8. The van der Waals surface area contributed by atoms with Crippen molar-refractivity contribution in [1.82, 2.24) is 9.97 Å². The zero-order valence-corrected chi connectivity index (χ0v) is 20.4. The summed E-state index contributed by atoms with van der Waals surface area (Å²) >= 11 is 0.